The lowest BCUT2D eigenvalue weighted by molar-refractivity contribution is 0.0682. The van der Waals surface area contributed by atoms with E-state index >= 15 is 0 Å². The van der Waals surface area contributed by atoms with Gasteiger partial charge in [-0.25, -0.2) is 9.59 Å². The number of carbonyl (C=O) groups is 2. The number of benzene rings is 2. The molecule has 0 fully saturated rings. The van der Waals surface area contributed by atoms with E-state index in [9.17, 15) is 26.4 Å². The van der Waals surface area contributed by atoms with Crippen LogP contribution in [0.25, 0.3) is 0 Å². The summed E-state index contributed by atoms with van der Waals surface area (Å²) in [6.45, 7) is 0. The average molecular weight is 418 g/mol. The van der Waals surface area contributed by atoms with Gasteiger partial charge in [-0.2, -0.15) is 16.8 Å². The summed E-state index contributed by atoms with van der Waals surface area (Å²) in [6.07, 6.45) is 0. The Morgan fingerprint density at radius 3 is 1.30 bits per heavy atom. The maximum Gasteiger partial charge on any atom is 0.337 e. The highest BCUT2D eigenvalue weighted by Gasteiger charge is 2.23. The molecule has 0 aliphatic rings. The highest BCUT2D eigenvalue weighted by Crippen LogP contribution is 2.29. The van der Waals surface area contributed by atoms with E-state index < -0.39 is 53.1 Å². The molecule has 0 unspecified atom stereocenters. The average Bonchev–Trinajstić information content (AvgIpc) is 2.52. The summed E-state index contributed by atoms with van der Waals surface area (Å²) >= 11 is 0. The first-order chi connectivity index (χ1) is 12.3. The van der Waals surface area contributed by atoms with E-state index in [0.717, 1.165) is 24.3 Å². The van der Waals surface area contributed by atoms with Crippen molar-refractivity contribution in [1.82, 2.24) is 0 Å². The van der Waals surface area contributed by atoms with Crippen LogP contribution in [0, 0.1) is 0 Å². The van der Waals surface area contributed by atoms with Crippen LogP contribution in [0.3, 0.4) is 0 Å². The molecule has 13 heteroatoms. The lowest BCUT2D eigenvalue weighted by atomic mass is 10.2. The van der Waals surface area contributed by atoms with Crippen LogP contribution in [0.4, 0.5) is 0 Å². The van der Waals surface area contributed by atoms with Crippen LogP contribution in [-0.2, 0) is 20.2 Å². The number of carboxylic acids is 2. The van der Waals surface area contributed by atoms with E-state index in [1.807, 2.05) is 0 Å². The van der Waals surface area contributed by atoms with Crippen molar-refractivity contribution in [3.63, 3.8) is 0 Å². The van der Waals surface area contributed by atoms with E-state index in [2.05, 4.69) is 0 Å². The summed E-state index contributed by atoms with van der Waals surface area (Å²) in [6, 6.07) is 5.06. The lowest BCUT2D eigenvalue weighted by Crippen LogP contribution is -2.09. The number of aromatic carboxylic acids is 2. The first-order valence-corrected chi connectivity index (χ1v) is 9.56. The molecule has 11 nitrogen and oxygen atoms in total. The van der Waals surface area contributed by atoms with E-state index in [1.54, 1.807) is 0 Å². The number of rotatable bonds is 6. The molecule has 2 aromatic rings. The van der Waals surface area contributed by atoms with Crippen LogP contribution in [-0.4, -0.2) is 48.1 Å². The van der Waals surface area contributed by atoms with Gasteiger partial charge in [0.25, 0.3) is 20.2 Å². The van der Waals surface area contributed by atoms with Crippen LogP contribution in [0.15, 0.2) is 46.2 Å². The van der Waals surface area contributed by atoms with Gasteiger partial charge in [-0.15, -0.1) is 0 Å². The molecule has 0 saturated carbocycles. The predicted octanol–water partition coefficient (Wildman–Crippen LogP) is 1.37. The van der Waals surface area contributed by atoms with Gasteiger partial charge >= 0.3 is 11.9 Å². The van der Waals surface area contributed by atoms with Crippen LogP contribution in [0.1, 0.15) is 20.7 Å². The first-order valence-electron chi connectivity index (χ1n) is 6.68. The minimum absolute atomic E-state index is 0.308. The van der Waals surface area contributed by atoms with E-state index in [1.165, 1.54) is 0 Å². The summed E-state index contributed by atoms with van der Waals surface area (Å²) < 4.78 is 68.8. The Balaban J connectivity index is 2.55. The third-order valence-electron chi connectivity index (χ3n) is 3.16. The van der Waals surface area contributed by atoms with Crippen LogP contribution < -0.4 is 4.74 Å². The van der Waals surface area contributed by atoms with Gasteiger partial charge in [0.1, 0.15) is 21.3 Å². The molecule has 2 aromatic carbocycles. The van der Waals surface area contributed by atoms with Crippen molar-refractivity contribution in [2.24, 2.45) is 0 Å². The summed E-state index contributed by atoms with van der Waals surface area (Å²) in [5.41, 5.74) is -1.46. The number of carboxylic acid groups (broad SMARTS) is 2. The molecule has 0 radical (unpaired) electrons. The molecule has 0 aliphatic carbocycles. The third-order valence-corrected chi connectivity index (χ3v) is 4.95. The minimum Gasteiger partial charge on any atom is -0.478 e. The van der Waals surface area contributed by atoms with Crippen LogP contribution in [0.5, 0.6) is 11.5 Å². The fraction of sp³-hybridized carbons (Fsp3) is 0. The number of ether oxygens (including phenoxy) is 1. The maximum atomic E-state index is 11.3. The van der Waals surface area contributed by atoms with Gasteiger partial charge in [0.15, 0.2) is 0 Å². The lowest BCUT2D eigenvalue weighted by Gasteiger charge is -2.10. The minimum atomic E-state index is -4.92. The zero-order chi connectivity index (χ0) is 20.6. The quantitative estimate of drug-likeness (QED) is 0.495. The van der Waals surface area contributed by atoms with E-state index in [-0.39, 0.29) is 11.5 Å². The van der Waals surface area contributed by atoms with Crippen molar-refractivity contribution in [3.05, 3.63) is 47.5 Å². The molecule has 144 valence electrons. The Labute approximate surface area is 152 Å². The Hall–Kier alpha value is -3.00. The molecule has 0 heterocycles. The molecule has 4 N–H and O–H groups in total. The van der Waals surface area contributed by atoms with Gasteiger partial charge in [0.05, 0.1) is 11.1 Å². The fourth-order valence-electron chi connectivity index (χ4n) is 2.05. The molecule has 0 bridgehead atoms. The van der Waals surface area contributed by atoms with Gasteiger partial charge in [-0.1, -0.05) is 0 Å². The Morgan fingerprint density at radius 2 is 1.04 bits per heavy atom. The third kappa shape index (κ3) is 4.59. The molecule has 0 saturated heterocycles. The highest BCUT2D eigenvalue weighted by molar-refractivity contribution is 7.86. The molecule has 0 amide bonds. The zero-order valence-corrected chi connectivity index (χ0v) is 14.6. The summed E-state index contributed by atoms with van der Waals surface area (Å²) in [4.78, 5) is 20.1. The van der Waals surface area contributed by atoms with E-state index in [0.29, 0.717) is 12.1 Å². The van der Waals surface area contributed by atoms with Gasteiger partial charge in [-0.05, 0) is 24.3 Å². The Kier molecular flexibility index (Phi) is 5.23. The highest BCUT2D eigenvalue weighted by atomic mass is 32.2. The zero-order valence-electron chi connectivity index (χ0n) is 12.9. The summed E-state index contributed by atoms with van der Waals surface area (Å²) in [7, 11) is -9.83. The molecular formula is C14H10O11S2. The van der Waals surface area contributed by atoms with Crippen molar-refractivity contribution >= 4 is 32.2 Å². The van der Waals surface area contributed by atoms with Gasteiger partial charge in [-0.3, -0.25) is 9.11 Å². The largest absolute Gasteiger partial charge is 0.478 e. The van der Waals surface area contributed by atoms with E-state index in [4.69, 9.17) is 24.1 Å². The van der Waals surface area contributed by atoms with Crippen molar-refractivity contribution in [2.45, 2.75) is 9.79 Å². The van der Waals surface area contributed by atoms with Crippen molar-refractivity contribution in [2.75, 3.05) is 0 Å². The molecular weight excluding hydrogens is 408 g/mol. The van der Waals surface area contributed by atoms with Crippen molar-refractivity contribution < 1.29 is 50.5 Å². The normalized spacial score (nSPS) is 11.8. The molecule has 0 spiro atoms. The van der Waals surface area contributed by atoms with Crippen molar-refractivity contribution in [3.8, 4) is 11.5 Å². The summed E-state index contributed by atoms with van der Waals surface area (Å²) in [5.74, 6) is -3.88. The second-order valence-electron chi connectivity index (χ2n) is 4.98. The van der Waals surface area contributed by atoms with Gasteiger partial charge < -0.3 is 14.9 Å². The topological polar surface area (TPSA) is 193 Å². The molecule has 0 atom stereocenters. The number of hydrogen-bond acceptors (Lipinski definition) is 7. The van der Waals surface area contributed by atoms with Gasteiger partial charge in [0, 0.05) is 12.1 Å². The van der Waals surface area contributed by atoms with Gasteiger partial charge in [0.2, 0.25) is 0 Å². The number of hydrogen-bond donors (Lipinski definition) is 4. The molecule has 0 aromatic heterocycles. The monoisotopic (exact) mass is 418 g/mol. The standard InChI is InChI=1S/C14H10O11S2/c15-13(16)9-3-1-7(5-11(9)26(19,20)21)25-8-2-4-10(14(17)18)12(6-8)27(22,23)24/h1-6H,(H,15,16)(H,17,18)(H,19,20,21)(H,22,23,24). The predicted molar refractivity (Wildman–Crippen MR) is 86.5 cm³/mol. The maximum absolute atomic E-state index is 11.3. The molecule has 27 heavy (non-hydrogen) atoms. The SMILES string of the molecule is O=C(O)c1ccc(Oc2ccc(C(=O)O)c(S(=O)(=O)O)c2)cc1S(=O)(=O)O. The summed E-state index contributed by atoms with van der Waals surface area (Å²) in [5, 5.41) is 17.9. The Morgan fingerprint density at radius 1 is 0.704 bits per heavy atom. The second kappa shape index (κ2) is 6.96. The van der Waals surface area contributed by atoms with Crippen LogP contribution in [0.2, 0.25) is 0 Å². The molecule has 0 aliphatic heterocycles. The molecule has 2 rings (SSSR count). The first kappa shape index (κ1) is 20.3. The van der Waals surface area contributed by atoms with Crippen molar-refractivity contribution in [1.29, 1.82) is 0 Å². The Bertz CT molecular complexity index is 1060. The smallest absolute Gasteiger partial charge is 0.337 e. The second-order valence-corrected chi connectivity index (χ2v) is 7.76. The fourth-order valence-corrected chi connectivity index (χ4v) is 3.45. The van der Waals surface area contributed by atoms with Crippen LogP contribution >= 0.6 is 0 Å².